The van der Waals surface area contributed by atoms with Crippen molar-refractivity contribution in [2.45, 2.75) is 44.6 Å². The van der Waals surface area contributed by atoms with Crippen LogP contribution in [-0.4, -0.2) is 23.4 Å². The number of likely N-dealkylation sites (tertiary alicyclic amines) is 1. The third kappa shape index (κ3) is 2.68. The van der Waals surface area contributed by atoms with E-state index in [-0.39, 0.29) is 5.91 Å². The van der Waals surface area contributed by atoms with Crippen LogP contribution >= 0.6 is 23.2 Å². The Morgan fingerprint density at radius 2 is 1.85 bits per heavy atom. The fourth-order valence-electron chi connectivity index (χ4n) is 3.69. The number of carbonyl (C=O) groups is 1. The number of fused-ring (bicyclic) bond motifs is 1. The summed E-state index contributed by atoms with van der Waals surface area (Å²) in [5, 5.41) is 1.03. The lowest BCUT2D eigenvalue weighted by Crippen LogP contribution is -2.49. The highest BCUT2D eigenvalue weighted by molar-refractivity contribution is 6.36. The Morgan fingerprint density at radius 1 is 1.10 bits per heavy atom. The molecule has 108 valence electrons. The molecule has 4 heteroatoms. The molecule has 2 nitrogen and oxygen atoms in total. The van der Waals surface area contributed by atoms with Crippen molar-refractivity contribution in [3.8, 4) is 0 Å². The van der Waals surface area contributed by atoms with E-state index in [9.17, 15) is 4.79 Å². The SMILES string of the molecule is O=C(c1ccc(Cl)cc1Cl)N1CCCC2CCCCC21. The minimum absolute atomic E-state index is 0.0725. The zero-order valence-electron chi connectivity index (χ0n) is 11.4. The number of carbonyl (C=O) groups excluding carboxylic acids is 1. The number of nitrogens with zero attached hydrogens (tertiary/aromatic N) is 1. The van der Waals surface area contributed by atoms with Gasteiger partial charge in [-0.25, -0.2) is 0 Å². The van der Waals surface area contributed by atoms with Crippen LogP contribution in [-0.2, 0) is 0 Å². The van der Waals surface area contributed by atoms with Crippen LogP contribution in [0.2, 0.25) is 10.0 Å². The number of amides is 1. The van der Waals surface area contributed by atoms with Crippen LogP contribution < -0.4 is 0 Å². The summed E-state index contributed by atoms with van der Waals surface area (Å²) in [6, 6.07) is 5.55. The third-order valence-electron chi connectivity index (χ3n) is 4.67. The zero-order valence-corrected chi connectivity index (χ0v) is 13.0. The van der Waals surface area contributed by atoms with Gasteiger partial charge in [-0.3, -0.25) is 4.79 Å². The molecule has 1 aliphatic carbocycles. The van der Waals surface area contributed by atoms with E-state index in [2.05, 4.69) is 4.90 Å². The van der Waals surface area contributed by atoms with Gasteiger partial charge in [0.25, 0.3) is 5.91 Å². The summed E-state index contributed by atoms with van der Waals surface area (Å²) in [5.41, 5.74) is 0.585. The second-order valence-corrected chi connectivity index (χ2v) is 6.72. The largest absolute Gasteiger partial charge is 0.335 e. The van der Waals surface area contributed by atoms with Crippen molar-refractivity contribution in [3.63, 3.8) is 0 Å². The standard InChI is InChI=1S/C16H19Cl2NO/c17-12-7-8-13(14(18)10-12)16(20)19-9-3-5-11-4-1-2-6-15(11)19/h7-8,10-11,15H,1-6,9H2. The van der Waals surface area contributed by atoms with E-state index < -0.39 is 0 Å². The van der Waals surface area contributed by atoms with Gasteiger partial charge in [0.1, 0.15) is 0 Å². The molecule has 3 rings (SSSR count). The fourth-order valence-corrected chi connectivity index (χ4v) is 4.18. The Bertz CT molecular complexity index is 515. The predicted molar refractivity (Wildman–Crippen MR) is 82.5 cm³/mol. The summed E-state index contributed by atoms with van der Waals surface area (Å²) in [4.78, 5) is 14.8. The molecule has 1 aliphatic heterocycles. The average molecular weight is 312 g/mol. The molecule has 1 saturated heterocycles. The highest BCUT2D eigenvalue weighted by atomic mass is 35.5. The predicted octanol–water partition coefficient (Wildman–Crippen LogP) is 4.79. The molecule has 2 unspecified atom stereocenters. The second-order valence-electron chi connectivity index (χ2n) is 5.88. The molecule has 2 atom stereocenters. The molecular weight excluding hydrogens is 293 g/mol. The van der Waals surface area contributed by atoms with Crippen molar-refractivity contribution >= 4 is 29.1 Å². The maximum absolute atomic E-state index is 12.8. The first-order chi connectivity index (χ1) is 9.66. The molecule has 0 spiro atoms. The van der Waals surface area contributed by atoms with Crippen LogP contribution in [0.4, 0.5) is 0 Å². The minimum Gasteiger partial charge on any atom is -0.335 e. The summed E-state index contributed by atoms with van der Waals surface area (Å²) < 4.78 is 0. The Kier molecular flexibility index (Phi) is 4.23. The minimum atomic E-state index is 0.0725. The second kappa shape index (κ2) is 5.95. The number of piperidine rings is 1. The van der Waals surface area contributed by atoms with E-state index >= 15 is 0 Å². The number of hydrogen-bond donors (Lipinski definition) is 0. The van der Waals surface area contributed by atoms with Gasteiger partial charge in [0.05, 0.1) is 10.6 Å². The quantitative estimate of drug-likeness (QED) is 0.730. The first kappa shape index (κ1) is 14.2. The lowest BCUT2D eigenvalue weighted by Gasteiger charge is -2.44. The van der Waals surface area contributed by atoms with Crippen molar-refractivity contribution in [1.82, 2.24) is 4.90 Å². The number of rotatable bonds is 1. The van der Waals surface area contributed by atoms with Gasteiger partial charge >= 0.3 is 0 Å². The molecule has 1 aromatic rings. The molecule has 0 bridgehead atoms. The molecule has 2 aliphatic rings. The summed E-state index contributed by atoms with van der Waals surface area (Å²) in [5.74, 6) is 0.760. The van der Waals surface area contributed by atoms with E-state index in [1.807, 2.05) is 0 Å². The summed E-state index contributed by atoms with van der Waals surface area (Å²) in [6.45, 7) is 0.860. The van der Waals surface area contributed by atoms with Crippen LogP contribution in [0.1, 0.15) is 48.9 Å². The van der Waals surface area contributed by atoms with Crippen LogP contribution in [0.15, 0.2) is 18.2 Å². The molecule has 0 N–H and O–H groups in total. The fraction of sp³-hybridized carbons (Fsp3) is 0.562. The molecule has 0 radical (unpaired) electrons. The summed E-state index contributed by atoms with van der Waals surface area (Å²) >= 11 is 12.1. The zero-order chi connectivity index (χ0) is 14.1. The molecule has 1 aromatic carbocycles. The molecule has 1 amide bonds. The van der Waals surface area contributed by atoms with Gasteiger partial charge in [-0.2, -0.15) is 0 Å². The highest BCUT2D eigenvalue weighted by Crippen LogP contribution is 2.36. The number of benzene rings is 1. The van der Waals surface area contributed by atoms with Gasteiger partial charge in [-0.1, -0.05) is 36.0 Å². The monoisotopic (exact) mass is 311 g/mol. The van der Waals surface area contributed by atoms with Crippen molar-refractivity contribution in [2.75, 3.05) is 6.54 Å². The highest BCUT2D eigenvalue weighted by Gasteiger charge is 2.36. The Labute approximate surface area is 130 Å². The average Bonchev–Trinajstić information content (AvgIpc) is 2.46. The Balaban J connectivity index is 1.85. The maximum Gasteiger partial charge on any atom is 0.255 e. The normalized spacial score (nSPS) is 26.2. The lowest BCUT2D eigenvalue weighted by molar-refractivity contribution is 0.0391. The summed E-state index contributed by atoms with van der Waals surface area (Å²) in [6.07, 6.45) is 7.33. The van der Waals surface area contributed by atoms with Gasteiger partial charge in [-0.05, 0) is 49.8 Å². The topological polar surface area (TPSA) is 20.3 Å². The first-order valence-corrected chi connectivity index (χ1v) is 8.18. The van der Waals surface area contributed by atoms with Crippen molar-refractivity contribution in [2.24, 2.45) is 5.92 Å². The molecule has 1 saturated carbocycles. The van der Waals surface area contributed by atoms with Gasteiger partial charge in [0.2, 0.25) is 0 Å². The van der Waals surface area contributed by atoms with Crippen molar-refractivity contribution in [3.05, 3.63) is 33.8 Å². The van der Waals surface area contributed by atoms with Crippen LogP contribution in [0, 0.1) is 5.92 Å². The van der Waals surface area contributed by atoms with E-state index in [4.69, 9.17) is 23.2 Å². The Morgan fingerprint density at radius 3 is 2.65 bits per heavy atom. The molecule has 2 fully saturated rings. The first-order valence-electron chi connectivity index (χ1n) is 7.43. The van der Waals surface area contributed by atoms with Crippen LogP contribution in [0.3, 0.4) is 0 Å². The van der Waals surface area contributed by atoms with Gasteiger partial charge in [-0.15, -0.1) is 0 Å². The molecule has 1 heterocycles. The van der Waals surface area contributed by atoms with Gasteiger partial charge in [0.15, 0.2) is 0 Å². The van der Waals surface area contributed by atoms with Crippen LogP contribution in [0.25, 0.3) is 0 Å². The van der Waals surface area contributed by atoms with Crippen molar-refractivity contribution < 1.29 is 4.79 Å². The number of hydrogen-bond acceptors (Lipinski definition) is 1. The third-order valence-corrected chi connectivity index (χ3v) is 5.21. The lowest BCUT2D eigenvalue weighted by atomic mass is 9.78. The maximum atomic E-state index is 12.8. The molecule has 0 aromatic heterocycles. The van der Waals surface area contributed by atoms with Crippen LogP contribution in [0.5, 0.6) is 0 Å². The van der Waals surface area contributed by atoms with Crippen molar-refractivity contribution in [1.29, 1.82) is 0 Å². The van der Waals surface area contributed by atoms with E-state index in [0.29, 0.717) is 27.6 Å². The summed E-state index contributed by atoms with van der Waals surface area (Å²) in [7, 11) is 0. The van der Waals surface area contributed by atoms with Gasteiger partial charge < -0.3 is 4.90 Å². The van der Waals surface area contributed by atoms with Gasteiger partial charge in [0, 0.05) is 17.6 Å². The molecular formula is C16H19Cl2NO. The smallest absolute Gasteiger partial charge is 0.255 e. The van der Waals surface area contributed by atoms with E-state index in [0.717, 1.165) is 19.4 Å². The van der Waals surface area contributed by atoms with E-state index in [1.165, 1.54) is 25.7 Å². The molecule has 20 heavy (non-hydrogen) atoms. The van der Waals surface area contributed by atoms with E-state index in [1.54, 1.807) is 18.2 Å². The Hall–Kier alpha value is -0.730. The number of halogens is 2.